The molecule has 4 heteroatoms. The monoisotopic (exact) mass is 326 g/mol. The molecule has 2 saturated heterocycles. The molecule has 24 heavy (non-hydrogen) atoms. The van der Waals surface area contributed by atoms with E-state index in [0.717, 1.165) is 36.9 Å². The van der Waals surface area contributed by atoms with Crippen molar-refractivity contribution in [1.82, 2.24) is 9.80 Å². The molecule has 4 nitrogen and oxygen atoms in total. The van der Waals surface area contributed by atoms with Gasteiger partial charge in [-0.15, -0.1) is 0 Å². The van der Waals surface area contributed by atoms with Crippen molar-refractivity contribution in [3.8, 4) is 0 Å². The molecule has 0 aliphatic carbocycles. The summed E-state index contributed by atoms with van der Waals surface area (Å²) in [5.74, 6) is 0.546. The fourth-order valence-corrected chi connectivity index (χ4v) is 4.14. The Balaban J connectivity index is 1.50. The second kappa shape index (κ2) is 6.60. The molecule has 1 aromatic heterocycles. The highest BCUT2D eigenvalue weighted by Gasteiger charge is 2.32. The van der Waals surface area contributed by atoms with Gasteiger partial charge in [-0.1, -0.05) is 18.1 Å². The molecule has 4 rings (SSSR count). The van der Waals surface area contributed by atoms with Crippen LogP contribution in [0.25, 0.3) is 11.0 Å². The number of nitrogens with zero attached hydrogens (tertiary/aromatic N) is 2. The van der Waals surface area contributed by atoms with E-state index >= 15 is 0 Å². The van der Waals surface area contributed by atoms with Crippen molar-refractivity contribution in [2.75, 3.05) is 26.2 Å². The van der Waals surface area contributed by atoms with Crippen LogP contribution in [0.4, 0.5) is 0 Å². The molecule has 1 amide bonds. The largest absolute Gasteiger partial charge is 0.451 e. The summed E-state index contributed by atoms with van der Waals surface area (Å²) in [7, 11) is 0. The third-order valence-corrected chi connectivity index (χ3v) is 5.44. The summed E-state index contributed by atoms with van der Waals surface area (Å²) in [6.07, 6.45) is 6.15. The van der Waals surface area contributed by atoms with Crippen LogP contribution >= 0.6 is 0 Å². The lowest BCUT2D eigenvalue weighted by molar-refractivity contribution is 0.0661. The first-order valence-electron chi connectivity index (χ1n) is 9.24. The minimum Gasteiger partial charge on any atom is -0.451 e. The summed E-state index contributed by atoms with van der Waals surface area (Å²) in [5.41, 5.74) is 1.99. The molecule has 3 heterocycles. The van der Waals surface area contributed by atoms with Crippen molar-refractivity contribution in [3.63, 3.8) is 0 Å². The van der Waals surface area contributed by atoms with Gasteiger partial charge in [-0.2, -0.15) is 0 Å². The quantitative estimate of drug-likeness (QED) is 0.860. The van der Waals surface area contributed by atoms with Gasteiger partial charge in [-0.25, -0.2) is 0 Å². The number of carbonyl (C=O) groups excluding carboxylic acids is 1. The second-order valence-corrected chi connectivity index (χ2v) is 7.31. The SMILES string of the molecule is Cc1ccc2oc(C(=O)N3CCCC3CN3CCCCC3)cc2c1. The Kier molecular flexibility index (Phi) is 4.31. The third kappa shape index (κ3) is 3.07. The molecule has 2 fully saturated rings. The van der Waals surface area contributed by atoms with Gasteiger partial charge in [0.05, 0.1) is 0 Å². The average molecular weight is 326 g/mol. The van der Waals surface area contributed by atoms with Gasteiger partial charge in [0.2, 0.25) is 0 Å². The van der Waals surface area contributed by atoms with Crippen LogP contribution in [0.5, 0.6) is 0 Å². The minimum atomic E-state index is 0.0587. The van der Waals surface area contributed by atoms with Gasteiger partial charge in [0, 0.05) is 24.5 Å². The first kappa shape index (κ1) is 15.7. The molecule has 2 aliphatic heterocycles. The van der Waals surface area contributed by atoms with Gasteiger partial charge >= 0.3 is 0 Å². The van der Waals surface area contributed by atoms with E-state index < -0.39 is 0 Å². The minimum absolute atomic E-state index is 0.0587. The van der Waals surface area contributed by atoms with E-state index in [1.165, 1.54) is 37.9 Å². The van der Waals surface area contributed by atoms with E-state index in [1.807, 2.05) is 23.1 Å². The Morgan fingerprint density at radius 1 is 1.12 bits per heavy atom. The highest BCUT2D eigenvalue weighted by atomic mass is 16.3. The first-order valence-corrected chi connectivity index (χ1v) is 9.24. The van der Waals surface area contributed by atoms with E-state index in [2.05, 4.69) is 17.9 Å². The molecule has 1 atom stereocenters. The normalized spacial score (nSPS) is 22.4. The maximum absolute atomic E-state index is 13.0. The maximum Gasteiger partial charge on any atom is 0.289 e. The van der Waals surface area contributed by atoms with Gasteiger partial charge < -0.3 is 14.2 Å². The summed E-state index contributed by atoms with van der Waals surface area (Å²) < 4.78 is 5.83. The average Bonchev–Trinajstić information content (AvgIpc) is 3.21. The van der Waals surface area contributed by atoms with Crippen molar-refractivity contribution in [2.24, 2.45) is 0 Å². The van der Waals surface area contributed by atoms with Crippen LogP contribution in [-0.2, 0) is 0 Å². The number of hydrogen-bond acceptors (Lipinski definition) is 3. The number of hydrogen-bond donors (Lipinski definition) is 0. The Hall–Kier alpha value is -1.81. The lowest BCUT2D eigenvalue weighted by atomic mass is 10.1. The van der Waals surface area contributed by atoms with Crippen molar-refractivity contribution < 1.29 is 9.21 Å². The Morgan fingerprint density at radius 2 is 1.96 bits per heavy atom. The van der Waals surface area contributed by atoms with Gasteiger partial charge in [-0.05, 0) is 63.9 Å². The molecule has 0 bridgehead atoms. The smallest absolute Gasteiger partial charge is 0.289 e. The zero-order valence-corrected chi connectivity index (χ0v) is 14.5. The van der Waals surface area contributed by atoms with E-state index in [1.54, 1.807) is 0 Å². The number of piperidine rings is 1. The molecule has 128 valence electrons. The van der Waals surface area contributed by atoms with Crippen LogP contribution in [-0.4, -0.2) is 47.9 Å². The number of aryl methyl sites for hydroxylation is 1. The predicted molar refractivity (Wildman–Crippen MR) is 95.3 cm³/mol. The summed E-state index contributed by atoms with van der Waals surface area (Å²) in [6, 6.07) is 8.29. The number of fused-ring (bicyclic) bond motifs is 1. The maximum atomic E-state index is 13.0. The zero-order chi connectivity index (χ0) is 16.5. The van der Waals surface area contributed by atoms with E-state index in [4.69, 9.17) is 4.42 Å². The van der Waals surface area contributed by atoms with Crippen LogP contribution in [0.1, 0.15) is 48.2 Å². The Bertz CT molecular complexity index is 730. The lowest BCUT2D eigenvalue weighted by Gasteiger charge is -2.32. The van der Waals surface area contributed by atoms with Gasteiger partial charge in [0.1, 0.15) is 5.58 Å². The predicted octanol–water partition coefficient (Wildman–Crippen LogP) is 3.83. The van der Waals surface area contributed by atoms with Crippen molar-refractivity contribution in [3.05, 3.63) is 35.6 Å². The van der Waals surface area contributed by atoms with Crippen molar-refractivity contribution in [2.45, 2.75) is 45.1 Å². The van der Waals surface area contributed by atoms with Crippen LogP contribution in [0, 0.1) is 6.92 Å². The van der Waals surface area contributed by atoms with E-state index in [0.29, 0.717) is 11.8 Å². The Morgan fingerprint density at radius 3 is 2.79 bits per heavy atom. The second-order valence-electron chi connectivity index (χ2n) is 7.31. The fraction of sp³-hybridized carbons (Fsp3) is 0.550. The molecule has 0 spiro atoms. The Labute approximate surface area is 143 Å². The zero-order valence-electron chi connectivity index (χ0n) is 14.5. The molecule has 0 radical (unpaired) electrons. The number of rotatable bonds is 3. The molecule has 2 aromatic rings. The molecular formula is C20H26N2O2. The van der Waals surface area contributed by atoms with Gasteiger partial charge in [0.15, 0.2) is 5.76 Å². The molecule has 1 aromatic carbocycles. The van der Waals surface area contributed by atoms with Crippen molar-refractivity contribution >= 4 is 16.9 Å². The summed E-state index contributed by atoms with van der Waals surface area (Å²) >= 11 is 0. The molecule has 0 saturated carbocycles. The number of carbonyl (C=O) groups is 1. The van der Waals surface area contributed by atoms with Crippen LogP contribution in [0.15, 0.2) is 28.7 Å². The van der Waals surface area contributed by atoms with Crippen LogP contribution in [0.3, 0.4) is 0 Å². The molecule has 0 N–H and O–H groups in total. The number of benzene rings is 1. The van der Waals surface area contributed by atoms with E-state index in [9.17, 15) is 4.79 Å². The lowest BCUT2D eigenvalue weighted by Crippen LogP contribution is -2.44. The van der Waals surface area contributed by atoms with Crippen LogP contribution in [0.2, 0.25) is 0 Å². The number of likely N-dealkylation sites (tertiary alicyclic amines) is 2. The first-order chi connectivity index (χ1) is 11.7. The number of amides is 1. The molecule has 2 aliphatic rings. The van der Waals surface area contributed by atoms with Crippen LogP contribution < -0.4 is 0 Å². The van der Waals surface area contributed by atoms with Gasteiger partial charge in [-0.3, -0.25) is 4.79 Å². The highest BCUT2D eigenvalue weighted by molar-refractivity contribution is 5.96. The highest BCUT2D eigenvalue weighted by Crippen LogP contribution is 2.26. The summed E-state index contributed by atoms with van der Waals surface area (Å²) in [6.45, 7) is 6.30. The summed E-state index contributed by atoms with van der Waals surface area (Å²) in [5, 5.41) is 1.02. The third-order valence-electron chi connectivity index (χ3n) is 5.44. The number of furan rings is 1. The van der Waals surface area contributed by atoms with Gasteiger partial charge in [0.25, 0.3) is 5.91 Å². The summed E-state index contributed by atoms with van der Waals surface area (Å²) in [4.78, 5) is 17.5. The standard InChI is InChI=1S/C20H26N2O2/c1-15-7-8-18-16(12-15)13-19(24-18)20(23)22-11-5-6-17(22)14-21-9-3-2-4-10-21/h7-8,12-13,17H,2-6,9-11,14H2,1H3. The topological polar surface area (TPSA) is 36.7 Å². The van der Waals surface area contributed by atoms with Crippen molar-refractivity contribution in [1.29, 1.82) is 0 Å². The fourth-order valence-electron chi connectivity index (χ4n) is 4.14. The van der Waals surface area contributed by atoms with E-state index in [-0.39, 0.29) is 5.91 Å². The molecule has 1 unspecified atom stereocenters. The molecular weight excluding hydrogens is 300 g/mol.